The van der Waals surface area contributed by atoms with Crippen LogP contribution in [0, 0.1) is 11.7 Å². The topological polar surface area (TPSA) is 84.7 Å². The first kappa shape index (κ1) is 17.1. The molecule has 6 nitrogen and oxygen atoms in total. The minimum Gasteiger partial charge on any atom is -0.492 e. The number of nitrogens with one attached hydrogen (secondary N) is 1. The SMILES string of the molecule is NS(=O)(=O)NC[C@H]1CCCN(CCOc2cccc(F)c2)C1. The number of piperidine rings is 1. The van der Waals surface area contributed by atoms with Crippen molar-refractivity contribution in [3.8, 4) is 5.75 Å². The number of nitrogens with zero attached hydrogens (tertiary/aromatic N) is 1. The Balaban J connectivity index is 1.71. The van der Waals surface area contributed by atoms with Crippen LogP contribution in [0.2, 0.25) is 0 Å². The van der Waals surface area contributed by atoms with E-state index in [-0.39, 0.29) is 11.7 Å². The van der Waals surface area contributed by atoms with Gasteiger partial charge >= 0.3 is 0 Å². The van der Waals surface area contributed by atoms with Crippen molar-refractivity contribution in [1.82, 2.24) is 9.62 Å². The second-order valence-corrected chi connectivity index (χ2v) is 6.89. The summed E-state index contributed by atoms with van der Waals surface area (Å²) in [5, 5.41) is 4.94. The molecule has 8 heteroatoms. The minimum absolute atomic E-state index is 0.251. The molecule has 1 aromatic carbocycles. The molecule has 0 saturated carbocycles. The van der Waals surface area contributed by atoms with Gasteiger partial charge in [-0.15, -0.1) is 0 Å². The molecular weight excluding hydrogens is 309 g/mol. The highest BCUT2D eigenvalue weighted by Gasteiger charge is 2.20. The van der Waals surface area contributed by atoms with Gasteiger partial charge in [0, 0.05) is 25.7 Å². The summed E-state index contributed by atoms with van der Waals surface area (Å²) in [4.78, 5) is 2.22. The first-order valence-electron chi connectivity index (χ1n) is 7.30. The lowest BCUT2D eigenvalue weighted by Crippen LogP contribution is -2.43. The molecule has 1 aliphatic heterocycles. The Morgan fingerprint density at radius 3 is 3.00 bits per heavy atom. The van der Waals surface area contributed by atoms with E-state index >= 15 is 0 Å². The maximum Gasteiger partial charge on any atom is 0.274 e. The van der Waals surface area contributed by atoms with Gasteiger partial charge in [-0.25, -0.2) is 14.3 Å². The molecule has 0 radical (unpaired) electrons. The minimum atomic E-state index is -3.63. The van der Waals surface area contributed by atoms with Crippen LogP contribution in [0.15, 0.2) is 24.3 Å². The molecule has 1 saturated heterocycles. The summed E-state index contributed by atoms with van der Waals surface area (Å²) in [6, 6.07) is 6.06. The molecule has 0 aliphatic carbocycles. The van der Waals surface area contributed by atoms with E-state index in [0.717, 1.165) is 32.5 Å². The van der Waals surface area contributed by atoms with Crippen molar-refractivity contribution in [3.63, 3.8) is 0 Å². The molecular formula is C14H22FN3O3S. The molecule has 3 N–H and O–H groups in total. The average Bonchev–Trinajstić information content (AvgIpc) is 2.45. The summed E-state index contributed by atoms with van der Waals surface area (Å²) >= 11 is 0. The molecule has 124 valence electrons. The van der Waals surface area contributed by atoms with Crippen LogP contribution >= 0.6 is 0 Å². The van der Waals surface area contributed by atoms with Gasteiger partial charge in [0.25, 0.3) is 10.2 Å². The molecule has 22 heavy (non-hydrogen) atoms. The van der Waals surface area contributed by atoms with Crippen LogP contribution in [0.3, 0.4) is 0 Å². The molecule has 0 amide bonds. The van der Waals surface area contributed by atoms with Crippen molar-refractivity contribution < 1.29 is 17.5 Å². The highest BCUT2D eigenvalue weighted by molar-refractivity contribution is 7.87. The van der Waals surface area contributed by atoms with Crippen LogP contribution in [0.5, 0.6) is 5.75 Å². The van der Waals surface area contributed by atoms with Gasteiger partial charge in [-0.05, 0) is 37.4 Å². The fourth-order valence-corrected chi connectivity index (χ4v) is 3.07. The molecule has 0 unspecified atom stereocenters. The Morgan fingerprint density at radius 1 is 1.45 bits per heavy atom. The molecule has 1 heterocycles. The highest BCUT2D eigenvalue weighted by Crippen LogP contribution is 2.16. The van der Waals surface area contributed by atoms with E-state index in [0.29, 0.717) is 18.9 Å². The monoisotopic (exact) mass is 331 g/mol. The summed E-state index contributed by atoms with van der Waals surface area (Å²) in [5.74, 6) is 0.454. The van der Waals surface area contributed by atoms with Crippen molar-refractivity contribution in [2.75, 3.05) is 32.8 Å². The number of nitrogens with two attached hydrogens (primary N) is 1. The zero-order valence-corrected chi connectivity index (χ0v) is 13.2. The van der Waals surface area contributed by atoms with Crippen LogP contribution in [-0.2, 0) is 10.2 Å². The first-order chi connectivity index (χ1) is 10.4. The van der Waals surface area contributed by atoms with Crippen LogP contribution in [0.4, 0.5) is 4.39 Å². The van der Waals surface area contributed by atoms with Crippen LogP contribution in [0.25, 0.3) is 0 Å². The standard InChI is InChI=1S/C14H22FN3O3S/c15-13-4-1-5-14(9-13)21-8-7-18-6-2-3-12(11-18)10-17-22(16,19)20/h1,4-5,9,12,17H,2-3,6-8,10-11H2,(H2,16,19,20)/t12-/m1/s1. The van der Waals surface area contributed by atoms with Crippen LogP contribution in [-0.4, -0.2) is 46.1 Å². The quantitative estimate of drug-likeness (QED) is 0.771. The van der Waals surface area contributed by atoms with E-state index in [4.69, 9.17) is 9.88 Å². The van der Waals surface area contributed by atoms with Crippen molar-refractivity contribution in [1.29, 1.82) is 0 Å². The summed E-state index contributed by atoms with van der Waals surface area (Å²) in [5.41, 5.74) is 0. The number of ether oxygens (including phenoxy) is 1. The van der Waals surface area contributed by atoms with Crippen LogP contribution in [0.1, 0.15) is 12.8 Å². The largest absolute Gasteiger partial charge is 0.492 e. The van der Waals surface area contributed by atoms with Crippen molar-refractivity contribution >= 4 is 10.2 Å². The van der Waals surface area contributed by atoms with Gasteiger partial charge in [-0.3, -0.25) is 4.90 Å². The second kappa shape index (κ2) is 7.87. The average molecular weight is 331 g/mol. The van der Waals surface area contributed by atoms with E-state index < -0.39 is 10.2 Å². The molecule has 1 fully saturated rings. The fourth-order valence-electron chi connectivity index (χ4n) is 2.60. The normalized spacial score (nSPS) is 20.0. The number of benzene rings is 1. The molecule has 1 aromatic rings. The summed E-state index contributed by atoms with van der Waals surface area (Å²) in [6.07, 6.45) is 1.99. The fraction of sp³-hybridized carbons (Fsp3) is 0.571. The van der Waals surface area contributed by atoms with E-state index in [1.54, 1.807) is 12.1 Å². The summed E-state index contributed by atoms with van der Waals surface area (Å²) < 4.78 is 42.7. The van der Waals surface area contributed by atoms with Gasteiger partial charge in [-0.2, -0.15) is 8.42 Å². The lowest BCUT2D eigenvalue weighted by Gasteiger charge is -2.32. The Hall–Kier alpha value is -1.22. The molecule has 1 atom stereocenters. The van der Waals surface area contributed by atoms with E-state index in [1.165, 1.54) is 12.1 Å². The van der Waals surface area contributed by atoms with Crippen LogP contribution < -0.4 is 14.6 Å². The molecule has 2 rings (SSSR count). The summed E-state index contributed by atoms with van der Waals surface area (Å²) in [7, 11) is -3.63. The highest BCUT2D eigenvalue weighted by atomic mass is 32.2. The van der Waals surface area contributed by atoms with Gasteiger partial charge < -0.3 is 4.74 Å². The lowest BCUT2D eigenvalue weighted by atomic mass is 9.98. The maximum atomic E-state index is 13.0. The van der Waals surface area contributed by atoms with E-state index in [2.05, 4.69) is 9.62 Å². The number of rotatable bonds is 7. The van der Waals surface area contributed by atoms with Gasteiger partial charge in [0.15, 0.2) is 0 Å². The Kier molecular flexibility index (Phi) is 6.13. The number of hydrogen-bond acceptors (Lipinski definition) is 4. The number of hydrogen-bond donors (Lipinski definition) is 2. The molecule has 0 aromatic heterocycles. The third-order valence-corrected chi connectivity index (χ3v) is 4.22. The Morgan fingerprint density at radius 2 is 2.27 bits per heavy atom. The van der Waals surface area contributed by atoms with Gasteiger partial charge in [0.05, 0.1) is 0 Å². The van der Waals surface area contributed by atoms with Gasteiger partial charge in [0.2, 0.25) is 0 Å². The van der Waals surface area contributed by atoms with Gasteiger partial charge in [-0.1, -0.05) is 6.07 Å². The predicted octanol–water partition coefficient (Wildman–Crippen LogP) is 0.710. The zero-order valence-electron chi connectivity index (χ0n) is 12.4. The number of halogens is 1. The predicted molar refractivity (Wildman–Crippen MR) is 82.2 cm³/mol. The second-order valence-electron chi connectivity index (χ2n) is 5.51. The Bertz CT molecular complexity index is 582. The lowest BCUT2D eigenvalue weighted by molar-refractivity contribution is 0.148. The molecule has 0 spiro atoms. The van der Waals surface area contributed by atoms with Crippen molar-refractivity contribution in [3.05, 3.63) is 30.1 Å². The third-order valence-electron chi connectivity index (χ3n) is 3.65. The molecule has 1 aliphatic rings. The Labute approximate surface area is 130 Å². The van der Waals surface area contributed by atoms with Crippen molar-refractivity contribution in [2.24, 2.45) is 11.1 Å². The van der Waals surface area contributed by atoms with E-state index in [1.807, 2.05) is 0 Å². The van der Waals surface area contributed by atoms with E-state index in [9.17, 15) is 12.8 Å². The first-order valence-corrected chi connectivity index (χ1v) is 8.85. The zero-order chi connectivity index (χ0) is 16.0. The van der Waals surface area contributed by atoms with Crippen molar-refractivity contribution in [2.45, 2.75) is 12.8 Å². The maximum absolute atomic E-state index is 13.0. The molecule has 0 bridgehead atoms. The third kappa shape index (κ3) is 6.27. The smallest absolute Gasteiger partial charge is 0.274 e. The van der Waals surface area contributed by atoms with Gasteiger partial charge in [0.1, 0.15) is 18.2 Å². The number of likely N-dealkylation sites (tertiary alicyclic amines) is 1. The summed E-state index contributed by atoms with van der Waals surface area (Å²) in [6.45, 7) is 3.31.